The highest BCUT2D eigenvalue weighted by Gasteiger charge is 2.18. The first-order valence-electron chi connectivity index (χ1n) is 8.13. The Hall–Kier alpha value is -1.94. The largest absolute Gasteiger partial charge is 0.370 e. The normalized spacial score (nSPS) is 13.6. The lowest BCUT2D eigenvalue weighted by atomic mass is 10.1. The van der Waals surface area contributed by atoms with E-state index in [1.165, 1.54) is 16.1 Å². The predicted molar refractivity (Wildman–Crippen MR) is 98.8 cm³/mol. The number of nitrogens with zero attached hydrogens (tertiary/aromatic N) is 1. The van der Waals surface area contributed by atoms with Crippen molar-refractivity contribution in [1.29, 1.82) is 0 Å². The number of fused-ring (bicyclic) bond motifs is 1. The first-order valence-corrected chi connectivity index (χ1v) is 9.12. The van der Waals surface area contributed by atoms with Crippen LogP contribution in [0.1, 0.15) is 29.8 Å². The van der Waals surface area contributed by atoms with E-state index in [-0.39, 0.29) is 5.91 Å². The van der Waals surface area contributed by atoms with E-state index in [0.29, 0.717) is 5.56 Å². The zero-order chi connectivity index (χ0) is 16.2. The van der Waals surface area contributed by atoms with Crippen LogP contribution in [-0.4, -0.2) is 24.7 Å². The lowest BCUT2D eigenvalue weighted by Crippen LogP contribution is -2.29. The Morgan fingerprint density at radius 3 is 2.65 bits per heavy atom. The van der Waals surface area contributed by atoms with Crippen LogP contribution < -0.4 is 10.2 Å². The van der Waals surface area contributed by atoms with Crippen molar-refractivity contribution in [3.05, 3.63) is 53.6 Å². The average Bonchev–Trinajstić information content (AvgIpc) is 2.61. The molecule has 0 spiro atoms. The molecule has 1 aliphatic rings. The molecule has 0 saturated heterocycles. The molecular weight excluding hydrogens is 304 g/mol. The van der Waals surface area contributed by atoms with Gasteiger partial charge in [0.2, 0.25) is 0 Å². The SMILES string of the molecule is CCc1ccc(NC(=O)c2ccc3c(c2)N(CC)CCS3)cc1. The van der Waals surface area contributed by atoms with Crippen LogP contribution in [0.15, 0.2) is 47.4 Å². The number of benzene rings is 2. The van der Waals surface area contributed by atoms with Gasteiger partial charge in [0.15, 0.2) is 0 Å². The molecule has 3 rings (SSSR count). The van der Waals surface area contributed by atoms with E-state index < -0.39 is 0 Å². The molecule has 0 unspecified atom stereocenters. The van der Waals surface area contributed by atoms with Gasteiger partial charge < -0.3 is 10.2 Å². The van der Waals surface area contributed by atoms with E-state index >= 15 is 0 Å². The highest BCUT2D eigenvalue weighted by molar-refractivity contribution is 7.99. The van der Waals surface area contributed by atoms with E-state index in [1.807, 2.05) is 36.0 Å². The number of carbonyl (C=O) groups excluding carboxylic acids is 1. The molecule has 0 saturated carbocycles. The molecule has 0 aliphatic carbocycles. The summed E-state index contributed by atoms with van der Waals surface area (Å²) in [5.74, 6) is 1.06. The summed E-state index contributed by atoms with van der Waals surface area (Å²) in [6.07, 6.45) is 1.00. The quantitative estimate of drug-likeness (QED) is 0.902. The molecule has 0 atom stereocenters. The van der Waals surface area contributed by atoms with Crippen molar-refractivity contribution >= 4 is 29.0 Å². The van der Waals surface area contributed by atoms with Crippen molar-refractivity contribution in [3.63, 3.8) is 0 Å². The minimum atomic E-state index is -0.0522. The highest BCUT2D eigenvalue weighted by Crippen LogP contribution is 2.35. The predicted octanol–water partition coefficient (Wildman–Crippen LogP) is 4.43. The maximum atomic E-state index is 12.5. The van der Waals surface area contributed by atoms with Crippen molar-refractivity contribution < 1.29 is 4.79 Å². The fourth-order valence-corrected chi connectivity index (χ4v) is 3.80. The van der Waals surface area contributed by atoms with E-state index in [4.69, 9.17) is 0 Å². The first kappa shape index (κ1) is 15.9. The summed E-state index contributed by atoms with van der Waals surface area (Å²) in [6.45, 7) is 6.29. The molecule has 23 heavy (non-hydrogen) atoms. The van der Waals surface area contributed by atoms with Gasteiger partial charge in [-0.25, -0.2) is 0 Å². The second-order valence-corrected chi connectivity index (χ2v) is 6.75. The van der Waals surface area contributed by atoms with E-state index in [0.717, 1.165) is 31.0 Å². The van der Waals surface area contributed by atoms with Crippen LogP contribution in [0.3, 0.4) is 0 Å². The molecule has 2 aromatic rings. The third-order valence-electron chi connectivity index (χ3n) is 4.18. The number of hydrogen-bond acceptors (Lipinski definition) is 3. The third-order valence-corrected chi connectivity index (χ3v) is 5.23. The fraction of sp³-hybridized carbons (Fsp3) is 0.316. The third kappa shape index (κ3) is 3.53. The number of amides is 1. The molecule has 1 aliphatic heterocycles. The molecule has 0 bridgehead atoms. The van der Waals surface area contributed by atoms with Gasteiger partial charge in [-0.1, -0.05) is 19.1 Å². The second kappa shape index (κ2) is 7.09. The zero-order valence-electron chi connectivity index (χ0n) is 13.6. The molecule has 120 valence electrons. The van der Waals surface area contributed by atoms with Gasteiger partial charge in [-0.15, -0.1) is 11.8 Å². The Morgan fingerprint density at radius 1 is 1.17 bits per heavy atom. The first-order chi connectivity index (χ1) is 11.2. The number of carbonyl (C=O) groups is 1. The summed E-state index contributed by atoms with van der Waals surface area (Å²) in [7, 11) is 0. The molecule has 2 aromatic carbocycles. The van der Waals surface area contributed by atoms with Gasteiger partial charge in [0.05, 0.1) is 5.69 Å². The Labute approximate surface area is 142 Å². The molecule has 0 radical (unpaired) electrons. The number of nitrogens with one attached hydrogen (secondary N) is 1. The van der Waals surface area contributed by atoms with Crippen LogP contribution in [-0.2, 0) is 6.42 Å². The van der Waals surface area contributed by atoms with Crippen molar-refractivity contribution in [2.75, 3.05) is 29.1 Å². The topological polar surface area (TPSA) is 32.3 Å². The van der Waals surface area contributed by atoms with Gasteiger partial charge in [-0.3, -0.25) is 4.79 Å². The van der Waals surface area contributed by atoms with Gasteiger partial charge in [0, 0.05) is 35.0 Å². The van der Waals surface area contributed by atoms with Crippen molar-refractivity contribution in [2.24, 2.45) is 0 Å². The van der Waals surface area contributed by atoms with Crippen molar-refractivity contribution in [3.8, 4) is 0 Å². The van der Waals surface area contributed by atoms with Crippen LogP contribution in [0.5, 0.6) is 0 Å². The molecule has 1 amide bonds. The summed E-state index contributed by atoms with van der Waals surface area (Å²) < 4.78 is 0. The van der Waals surface area contributed by atoms with E-state index in [9.17, 15) is 4.79 Å². The van der Waals surface area contributed by atoms with Crippen molar-refractivity contribution in [2.45, 2.75) is 25.2 Å². The molecular formula is C19H22N2OS. The molecule has 0 fully saturated rings. The van der Waals surface area contributed by atoms with Gasteiger partial charge in [0.1, 0.15) is 0 Å². The average molecular weight is 326 g/mol. The molecule has 4 heteroatoms. The van der Waals surface area contributed by atoms with Crippen LogP contribution >= 0.6 is 11.8 Å². The molecule has 1 N–H and O–H groups in total. The van der Waals surface area contributed by atoms with Gasteiger partial charge >= 0.3 is 0 Å². The number of anilines is 2. The minimum Gasteiger partial charge on any atom is -0.370 e. The summed E-state index contributed by atoms with van der Waals surface area (Å²) in [6, 6.07) is 14.0. The number of rotatable bonds is 4. The Balaban J connectivity index is 1.79. The minimum absolute atomic E-state index is 0.0522. The van der Waals surface area contributed by atoms with Crippen LogP contribution in [0, 0.1) is 0 Å². The lowest BCUT2D eigenvalue weighted by Gasteiger charge is -2.30. The Bertz CT molecular complexity index is 697. The monoisotopic (exact) mass is 326 g/mol. The van der Waals surface area contributed by atoms with E-state index in [2.05, 4.69) is 42.3 Å². The van der Waals surface area contributed by atoms with E-state index in [1.54, 1.807) is 0 Å². The van der Waals surface area contributed by atoms with Crippen LogP contribution in [0.25, 0.3) is 0 Å². The summed E-state index contributed by atoms with van der Waals surface area (Å²) in [4.78, 5) is 16.1. The smallest absolute Gasteiger partial charge is 0.255 e. The second-order valence-electron chi connectivity index (χ2n) is 5.62. The summed E-state index contributed by atoms with van der Waals surface area (Å²) in [5, 5.41) is 2.98. The maximum absolute atomic E-state index is 12.5. The zero-order valence-corrected chi connectivity index (χ0v) is 14.5. The number of thioether (sulfide) groups is 1. The standard InChI is InChI=1S/C19H22N2OS/c1-3-14-5-8-16(9-6-14)20-19(22)15-7-10-18-17(13-15)21(4-2)11-12-23-18/h5-10,13H,3-4,11-12H2,1-2H3,(H,20,22). The lowest BCUT2D eigenvalue weighted by molar-refractivity contribution is 0.102. The highest BCUT2D eigenvalue weighted by atomic mass is 32.2. The number of hydrogen-bond donors (Lipinski definition) is 1. The van der Waals surface area contributed by atoms with Gasteiger partial charge in [-0.05, 0) is 49.2 Å². The van der Waals surface area contributed by atoms with Gasteiger partial charge in [-0.2, -0.15) is 0 Å². The maximum Gasteiger partial charge on any atom is 0.255 e. The summed E-state index contributed by atoms with van der Waals surface area (Å²) in [5.41, 5.74) is 4.00. The van der Waals surface area contributed by atoms with Crippen LogP contribution in [0.4, 0.5) is 11.4 Å². The van der Waals surface area contributed by atoms with Crippen molar-refractivity contribution in [1.82, 2.24) is 0 Å². The number of aryl methyl sites for hydroxylation is 1. The molecule has 0 aromatic heterocycles. The molecule has 1 heterocycles. The molecule has 3 nitrogen and oxygen atoms in total. The van der Waals surface area contributed by atoms with Crippen LogP contribution in [0.2, 0.25) is 0 Å². The fourth-order valence-electron chi connectivity index (χ4n) is 2.77. The van der Waals surface area contributed by atoms with Gasteiger partial charge in [0.25, 0.3) is 5.91 Å². The Kier molecular flexibility index (Phi) is 4.91. The summed E-state index contributed by atoms with van der Waals surface area (Å²) >= 11 is 1.86. The Morgan fingerprint density at radius 2 is 1.96 bits per heavy atom.